The van der Waals surface area contributed by atoms with Crippen molar-refractivity contribution in [3.05, 3.63) is 58.4 Å². The molecule has 0 aliphatic rings. The van der Waals surface area contributed by atoms with Gasteiger partial charge in [0, 0.05) is 18.7 Å². The zero-order valence-corrected chi connectivity index (χ0v) is 16.3. The van der Waals surface area contributed by atoms with E-state index in [0.29, 0.717) is 13.2 Å². The zero-order valence-electron chi connectivity index (χ0n) is 15.6. The summed E-state index contributed by atoms with van der Waals surface area (Å²) in [5, 5.41) is 0.815. The number of ether oxygens (including phenoxy) is 2. The van der Waals surface area contributed by atoms with Crippen LogP contribution in [0.5, 0.6) is 5.75 Å². The molecule has 0 saturated carbocycles. The van der Waals surface area contributed by atoms with Gasteiger partial charge < -0.3 is 14.0 Å². The Labute approximate surface area is 159 Å². The van der Waals surface area contributed by atoms with Crippen LogP contribution in [0.4, 0.5) is 0 Å². The molecule has 4 nitrogen and oxygen atoms in total. The van der Waals surface area contributed by atoms with Gasteiger partial charge in [-0.15, -0.1) is 0 Å². The van der Waals surface area contributed by atoms with Gasteiger partial charge in [-0.3, -0.25) is 0 Å². The number of methoxy groups -OCH3 is 1. The maximum absolute atomic E-state index is 6.20. The lowest BCUT2D eigenvalue weighted by molar-refractivity contribution is 0.174. The second-order valence-electron chi connectivity index (χ2n) is 6.53. The lowest BCUT2D eigenvalue weighted by Crippen LogP contribution is -2.07. The highest BCUT2D eigenvalue weighted by atomic mass is 35.5. The molecule has 138 valence electrons. The predicted octanol–water partition coefficient (Wildman–Crippen LogP) is 5.31. The highest BCUT2D eigenvalue weighted by molar-refractivity contribution is 6.32. The number of benzene rings is 2. The van der Waals surface area contributed by atoms with E-state index < -0.39 is 0 Å². The van der Waals surface area contributed by atoms with Crippen LogP contribution < -0.4 is 4.74 Å². The summed E-state index contributed by atoms with van der Waals surface area (Å²) in [7, 11) is 1.70. The van der Waals surface area contributed by atoms with Crippen molar-refractivity contribution in [2.45, 2.75) is 39.8 Å². The molecular formula is C21H25ClN2O2. The van der Waals surface area contributed by atoms with Gasteiger partial charge in [0.05, 0.1) is 17.6 Å². The fraction of sp³-hybridized carbons (Fsp3) is 0.381. The highest BCUT2D eigenvalue weighted by Gasteiger charge is 2.10. The Morgan fingerprint density at radius 1 is 1.08 bits per heavy atom. The van der Waals surface area contributed by atoms with E-state index in [0.717, 1.165) is 58.1 Å². The molecule has 0 fully saturated rings. The monoisotopic (exact) mass is 372 g/mol. The number of aryl methyl sites for hydroxylation is 3. The van der Waals surface area contributed by atoms with E-state index in [1.54, 1.807) is 7.11 Å². The number of unbranched alkanes of at least 4 members (excludes halogenated alkanes) is 1. The van der Waals surface area contributed by atoms with Crippen molar-refractivity contribution in [3.8, 4) is 5.75 Å². The van der Waals surface area contributed by atoms with E-state index >= 15 is 0 Å². The standard InChI is InChI=1S/C21H25ClN2O2/c1-15-12-17(13-16(2)21(15)22)26-11-7-6-10-24-19-9-5-4-8-18(19)23-20(24)14-25-3/h4-5,8-9,12-13H,6-7,10-11,14H2,1-3H3. The molecule has 0 aliphatic heterocycles. The lowest BCUT2D eigenvalue weighted by atomic mass is 10.1. The molecule has 0 bridgehead atoms. The molecule has 0 atom stereocenters. The van der Waals surface area contributed by atoms with E-state index in [1.807, 2.05) is 44.2 Å². The average molecular weight is 373 g/mol. The minimum absolute atomic E-state index is 0.522. The summed E-state index contributed by atoms with van der Waals surface area (Å²) in [5.41, 5.74) is 4.28. The van der Waals surface area contributed by atoms with Crippen LogP contribution in [0.3, 0.4) is 0 Å². The van der Waals surface area contributed by atoms with Gasteiger partial charge in [0.1, 0.15) is 18.2 Å². The van der Waals surface area contributed by atoms with Crippen LogP contribution in [0.2, 0.25) is 5.02 Å². The molecule has 3 aromatic rings. The van der Waals surface area contributed by atoms with Crippen molar-refractivity contribution >= 4 is 22.6 Å². The Morgan fingerprint density at radius 2 is 1.81 bits per heavy atom. The number of hydrogen-bond acceptors (Lipinski definition) is 3. The van der Waals surface area contributed by atoms with Crippen LogP contribution >= 0.6 is 11.6 Å². The van der Waals surface area contributed by atoms with Gasteiger partial charge in [-0.25, -0.2) is 4.98 Å². The number of fused-ring (bicyclic) bond motifs is 1. The van der Waals surface area contributed by atoms with Crippen molar-refractivity contribution in [2.24, 2.45) is 0 Å². The molecular weight excluding hydrogens is 348 g/mol. The number of nitrogens with zero attached hydrogens (tertiary/aromatic N) is 2. The molecule has 0 aliphatic carbocycles. The highest BCUT2D eigenvalue weighted by Crippen LogP contribution is 2.26. The van der Waals surface area contributed by atoms with Crippen LogP contribution in [-0.2, 0) is 17.9 Å². The summed E-state index contributed by atoms with van der Waals surface area (Å²) in [6.07, 6.45) is 1.99. The molecule has 0 spiro atoms. The van der Waals surface area contributed by atoms with Gasteiger partial charge >= 0.3 is 0 Å². The van der Waals surface area contributed by atoms with Crippen molar-refractivity contribution in [1.29, 1.82) is 0 Å². The van der Waals surface area contributed by atoms with E-state index in [1.165, 1.54) is 0 Å². The minimum Gasteiger partial charge on any atom is -0.494 e. The number of aromatic nitrogens is 2. The minimum atomic E-state index is 0.522. The van der Waals surface area contributed by atoms with E-state index in [2.05, 4.69) is 15.6 Å². The Balaban J connectivity index is 1.57. The molecule has 0 N–H and O–H groups in total. The Morgan fingerprint density at radius 3 is 2.54 bits per heavy atom. The van der Waals surface area contributed by atoms with E-state index in [-0.39, 0.29) is 0 Å². The molecule has 0 amide bonds. The second-order valence-corrected chi connectivity index (χ2v) is 6.91. The SMILES string of the molecule is COCc1nc2ccccc2n1CCCCOc1cc(C)c(Cl)c(C)c1. The summed E-state index contributed by atoms with van der Waals surface area (Å²) in [5.74, 6) is 1.86. The average Bonchev–Trinajstić information content (AvgIpc) is 2.97. The first-order valence-electron chi connectivity index (χ1n) is 8.92. The maximum atomic E-state index is 6.20. The van der Waals surface area contributed by atoms with Crippen LogP contribution in [0.15, 0.2) is 36.4 Å². The molecule has 3 rings (SSSR count). The van der Waals surface area contributed by atoms with Crippen LogP contribution in [0, 0.1) is 13.8 Å². The number of imidazole rings is 1. The zero-order chi connectivity index (χ0) is 18.5. The summed E-state index contributed by atoms with van der Waals surface area (Å²) < 4.78 is 13.4. The topological polar surface area (TPSA) is 36.3 Å². The molecule has 0 radical (unpaired) electrons. The lowest BCUT2D eigenvalue weighted by Gasteiger charge is -2.11. The first-order chi connectivity index (χ1) is 12.6. The molecule has 1 aromatic heterocycles. The van der Waals surface area contributed by atoms with Gasteiger partial charge in [-0.05, 0) is 62.1 Å². The molecule has 2 aromatic carbocycles. The Hall–Kier alpha value is -2.04. The van der Waals surface area contributed by atoms with Crippen LogP contribution in [0.1, 0.15) is 29.8 Å². The normalized spacial score (nSPS) is 11.2. The van der Waals surface area contributed by atoms with Gasteiger partial charge in [0.2, 0.25) is 0 Å². The van der Waals surface area contributed by atoms with Gasteiger partial charge in [-0.2, -0.15) is 0 Å². The van der Waals surface area contributed by atoms with Crippen molar-refractivity contribution in [1.82, 2.24) is 9.55 Å². The van der Waals surface area contributed by atoms with Crippen LogP contribution in [0.25, 0.3) is 11.0 Å². The number of hydrogen-bond donors (Lipinski definition) is 0. The predicted molar refractivity (Wildman–Crippen MR) is 106 cm³/mol. The summed E-state index contributed by atoms with van der Waals surface area (Å²) in [6.45, 7) is 6.12. The second kappa shape index (κ2) is 8.56. The van der Waals surface area contributed by atoms with E-state index in [4.69, 9.17) is 21.1 Å². The van der Waals surface area contributed by atoms with Crippen molar-refractivity contribution in [3.63, 3.8) is 0 Å². The smallest absolute Gasteiger partial charge is 0.135 e. The maximum Gasteiger partial charge on any atom is 0.135 e. The van der Waals surface area contributed by atoms with Gasteiger partial charge in [0.25, 0.3) is 0 Å². The van der Waals surface area contributed by atoms with Gasteiger partial charge in [-0.1, -0.05) is 23.7 Å². The Kier molecular flexibility index (Phi) is 6.17. The third-order valence-corrected chi connectivity index (χ3v) is 5.06. The number of rotatable bonds is 8. The Bertz CT molecular complexity index is 866. The summed E-state index contributed by atoms with van der Waals surface area (Å²) >= 11 is 6.20. The fourth-order valence-corrected chi connectivity index (χ4v) is 3.27. The quantitative estimate of drug-likeness (QED) is 0.502. The van der Waals surface area contributed by atoms with Gasteiger partial charge in [0.15, 0.2) is 0 Å². The van der Waals surface area contributed by atoms with Crippen molar-refractivity contribution < 1.29 is 9.47 Å². The molecule has 26 heavy (non-hydrogen) atoms. The third-order valence-electron chi connectivity index (χ3n) is 4.46. The number of halogens is 1. The van der Waals surface area contributed by atoms with E-state index in [9.17, 15) is 0 Å². The largest absolute Gasteiger partial charge is 0.494 e. The summed E-state index contributed by atoms with van der Waals surface area (Å²) in [6, 6.07) is 12.2. The summed E-state index contributed by atoms with van der Waals surface area (Å²) in [4.78, 5) is 4.67. The molecule has 1 heterocycles. The first kappa shape index (κ1) is 18.7. The van der Waals surface area contributed by atoms with Crippen molar-refractivity contribution in [2.75, 3.05) is 13.7 Å². The number of para-hydroxylation sites is 2. The first-order valence-corrected chi connectivity index (χ1v) is 9.30. The molecule has 5 heteroatoms. The van der Waals surface area contributed by atoms with Crippen LogP contribution in [-0.4, -0.2) is 23.3 Å². The molecule has 0 saturated heterocycles. The fourth-order valence-electron chi connectivity index (χ4n) is 3.17. The molecule has 0 unspecified atom stereocenters. The third kappa shape index (κ3) is 4.19.